The summed E-state index contributed by atoms with van der Waals surface area (Å²) in [7, 11) is 0. The lowest BCUT2D eigenvalue weighted by Gasteiger charge is -2.29. The van der Waals surface area contributed by atoms with Crippen LogP contribution in [0.5, 0.6) is 0 Å². The van der Waals surface area contributed by atoms with Crippen molar-refractivity contribution >= 4 is 5.97 Å². The van der Waals surface area contributed by atoms with Gasteiger partial charge in [-0.1, -0.05) is 81.7 Å². The number of benzene rings is 2. The number of carbonyl (C=O) groups is 1. The molecule has 1 aliphatic rings. The van der Waals surface area contributed by atoms with Crippen molar-refractivity contribution in [1.82, 2.24) is 0 Å². The van der Waals surface area contributed by atoms with Crippen LogP contribution in [0, 0.1) is 5.92 Å². The molecule has 0 spiro atoms. The monoisotopic (exact) mass is 448 g/mol. The van der Waals surface area contributed by atoms with Gasteiger partial charge in [-0.3, -0.25) is 0 Å². The summed E-state index contributed by atoms with van der Waals surface area (Å²) in [6.45, 7) is 6.14. The molecule has 2 aromatic rings. The molecule has 2 aromatic carbocycles. The summed E-state index contributed by atoms with van der Waals surface area (Å²) >= 11 is 0. The van der Waals surface area contributed by atoms with E-state index in [0.29, 0.717) is 25.4 Å². The molecule has 0 saturated heterocycles. The first-order chi connectivity index (χ1) is 16.1. The molecule has 1 N–H and O–H groups in total. The van der Waals surface area contributed by atoms with Crippen LogP contribution in [0.4, 0.5) is 0 Å². The predicted octanol–water partition coefficient (Wildman–Crippen LogP) is 7.01. The number of aliphatic hydroxyl groups excluding tert-OH is 1. The van der Waals surface area contributed by atoms with E-state index in [4.69, 9.17) is 4.74 Å². The van der Waals surface area contributed by atoms with Crippen LogP contribution in [-0.4, -0.2) is 24.3 Å². The smallest absolute Gasteiger partial charge is 0.330 e. The Kier molecular flexibility index (Phi) is 10.2. The Hall–Kier alpha value is -2.39. The van der Waals surface area contributed by atoms with Gasteiger partial charge >= 0.3 is 5.97 Å². The Morgan fingerprint density at radius 2 is 1.73 bits per heavy atom. The van der Waals surface area contributed by atoms with Crippen molar-refractivity contribution in [2.45, 2.75) is 77.0 Å². The quantitative estimate of drug-likeness (QED) is 0.216. The number of hydrogen-bond donors (Lipinski definition) is 1. The number of rotatable bonds is 12. The maximum atomic E-state index is 11.4. The van der Waals surface area contributed by atoms with Gasteiger partial charge in [0.25, 0.3) is 0 Å². The molecule has 178 valence electrons. The molecule has 0 aliphatic heterocycles. The van der Waals surface area contributed by atoms with E-state index >= 15 is 0 Å². The van der Waals surface area contributed by atoms with Gasteiger partial charge in [0.15, 0.2) is 0 Å². The normalized spacial score (nSPS) is 18.1. The summed E-state index contributed by atoms with van der Waals surface area (Å²) in [6.07, 6.45) is 13.3. The van der Waals surface area contributed by atoms with Gasteiger partial charge in [-0.15, -0.1) is 0 Å². The molecule has 33 heavy (non-hydrogen) atoms. The van der Waals surface area contributed by atoms with Crippen LogP contribution in [0.15, 0.2) is 55.1 Å². The van der Waals surface area contributed by atoms with Gasteiger partial charge < -0.3 is 9.84 Å². The lowest BCUT2D eigenvalue weighted by atomic mass is 9.77. The zero-order valence-corrected chi connectivity index (χ0v) is 20.2. The molecule has 0 atom stereocenters. The maximum absolute atomic E-state index is 11.4. The van der Waals surface area contributed by atoms with Crippen molar-refractivity contribution in [1.29, 1.82) is 0 Å². The molecule has 0 radical (unpaired) electrons. The molecule has 0 heterocycles. The van der Waals surface area contributed by atoms with Gasteiger partial charge in [0, 0.05) is 19.1 Å². The van der Waals surface area contributed by atoms with Crippen LogP contribution < -0.4 is 0 Å². The average molecular weight is 449 g/mol. The summed E-state index contributed by atoms with van der Waals surface area (Å²) < 4.78 is 5.17. The number of unbranched alkanes of at least 4 members (excludes halogenated alkanes) is 2. The predicted molar refractivity (Wildman–Crippen MR) is 136 cm³/mol. The Balaban J connectivity index is 1.63. The molecule has 0 unspecified atom stereocenters. The Morgan fingerprint density at radius 1 is 1.00 bits per heavy atom. The third-order valence-corrected chi connectivity index (χ3v) is 7.15. The minimum Gasteiger partial charge on any atom is -0.462 e. The third-order valence-electron chi connectivity index (χ3n) is 7.15. The zero-order valence-electron chi connectivity index (χ0n) is 20.2. The van der Waals surface area contributed by atoms with Gasteiger partial charge in [0.2, 0.25) is 0 Å². The van der Waals surface area contributed by atoms with Gasteiger partial charge in [0.1, 0.15) is 0 Å². The molecule has 1 fully saturated rings. The van der Waals surface area contributed by atoms with Gasteiger partial charge in [-0.05, 0) is 71.8 Å². The highest BCUT2D eigenvalue weighted by atomic mass is 16.5. The summed E-state index contributed by atoms with van der Waals surface area (Å²) in [6, 6.07) is 15.5. The van der Waals surface area contributed by atoms with Gasteiger partial charge in [-0.2, -0.15) is 0 Å². The van der Waals surface area contributed by atoms with Crippen LogP contribution in [0.3, 0.4) is 0 Å². The highest BCUT2D eigenvalue weighted by Gasteiger charge is 2.22. The van der Waals surface area contributed by atoms with Crippen molar-refractivity contribution in [3.05, 3.63) is 71.8 Å². The van der Waals surface area contributed by atoms with E-state index < -0.39 is 5.97 Å². The topological polar surface area (TPSA) is 46.5 Å². The van der Waals surface area contributed by atoms with Crippen molar-refractivity contribution in [3.63, 3.8) is 0 Å². The fourth-order valence-corrected chi connectivity index (χ4v) is 5.14. The Labute approximate surface area is 199 Å². The van der Waals surface area contributed by atoms with E-state index in [1.54, 1.807) is 0 Å². The zero-order chi connectivity index (χ0) is 23.5. The molecule has 3 heteroatoms. The van der Waals surface area contributed by atoms with E-state index in [1.165, 1.54) is 68.6 Å². The molecule has 0 bridgehead atoms. The molecule has 0 aromatic heterocycles. The van der Waals surface area contributed by atoms with E-state index in [0.717, 1.165) is 22.6 Å². The van der Waals surface area contributed by atoms with E-state index in [-0.39, 0.29) is 6.61 Å². The number of carbonyl (C=O) groups excluding carboxylic acids is 1. The summed E-state index contributed by atoms with van der Waals surface area (Å²) in [5.41, 5.74) is 6.05. The highest BCUT2D eigenvalue weighted by Crippen LogP contribution is 2.38. The lowest BCUT2D eigenvalue weighted by molar-refractivity contribution is -0.137. The molecule has 3 rings (SSSR count). The fraction of sp³-hybridized carbons (Fsp3) is 0.500. The second-order valence-electron chi connectivity index (χ2n) is 9.41. The molecule has 3 nitrogen and oxygen atoms in total. The molecule has 1 aliphatic carbocycles. The van der Waals surface area contributed by atoms with Crippen molar-refractivity contribution in [3.8, 4) is 11.1 Å². The first-order valence-electron chi connectivity index (χ1n) is 12.8. The number of hydrogen-bond acceptors (Lipinski definition) is 3. The third kappa shape index (κ3) is 7.57. The van der Waals surface area contributed by atoms with Crippen molar-refractivity contribution in [2.75, 3.05) is 13.2 Å². The van der Waals surface area contributed by atoms with E-state index in [9.17, 15) is 9.90 Å². The van der Waals surface area contributed by atoms with E-state index in [1.807, 2.05) is 0 Å². The average Bonchev–Trinajstić information content (AvgIpc) is 2.85. The highest BCUT2D eigenvalue weighted by molar-refractivity contribution is 5.81. The van der Waals surface area contributed by atoms with Crippen LogP contribution in [-0.2, 0) is 22.4 Å². The first kappa shape index (κ1) is 25.2. The van der Waals surface area contributed by atoms with Gasteiger partial charge in [-0.25, -0.2) is 4.79 Å². The minimum absolute atomic E-state index is 0.105. The summed E-state index contributed by atoms with van der Waals surface area (Å²) in [5.74, 6) is 1.23. The lowest BCUT2D eigenvalue weighted by Crippen LogP contribution is -2.13. The van der Waals surface area contributed by atoms with Crippen molar-refractivity contribution in [2.24, 2.45) is 5.92 Å². The van der Waals surface area contributed by atoms with Crippen LogP contribution in [0.25, 0.3) is 11.1 Å². The van der Waals surface area contributed by atoms with Gasteiger partial charge in [0.05, 0.1) is 6.61 Å². The van der Waals surface area contributed by atoms with Crippen LogP contribution in [0.1, 0.15) is 80.9 Å². The fourth-order valence-electron chi connectivity index (χ4n) is 5.14. The van der Waals surface area contributed by atoms with Crippen LogP contribution >= 0.6 is 0 Å². The first-order valence-corrected chi connectivity index (χ1v) is 12.8. The van der Waals surface area contributed by atoms with Crippen LogP contribution in [0.2, 0.25) is 0 Å². The Morgan fingerprint density at radius 3 is 2.39 bits per heavy atom. The largest absolute Gasteiger partial charge is 0.462 e. The second kappa shape index (κ2) is 13.3. The van der Waals surface area contributed by atoms with Crippen molar-refractivity contribution < 1.29 is 14.6 Å². The number of esters is 1. The Bertz CT molecular complexity index is 876. The SMILES string of the molecule is C=CC(=O)OCCc1cc(-c2ccc(C3CCC(CCCCC)CC3)cc2)ccc1CCO. The maximum Gasteiger partial charge on any atom is 0.330 e. The second-order valence-corrected chi connectivity index (χ2v) is 9.41. The summed E-state index contributed by atoms with van der Waals surface area (Å²) in [5, 5.41) is 9.41. The van der Waals surface area contributed by atoms with E-state index in [2.05, 4.69) is 56.0 Å². The number of aliphatic hydroxyl groups is 1. The molecular weight excluding hydrogens is 408 g/mol. The number of ether oxygens (including phenoxy) is 1. The minimum atomic E-state index is -0.402. The summed E-state index contributed by atoms with van der Waals surface area (Å²) in [4.78, 5) is 11.4. The molecule has 1 saturated carbocycles. The molecular formula is C30H40O3. The standard InChI is InChI=1S/C30H40O3/c1-3-5-6-7-23-8-10-24(11-9-23)25-12-14-26(15-13-25)28-17-16-27(18-20-31)29(22-28)19-21-33-30(32)4-2/h4,12-17,22-24,31H,2-3,5-11,18-21H2,1H3. The molecule has 0 amide bonds.